The van der Waals surface area contributed by atoms with Gasteiger partial charge in [0.2, 0.25) is 0 Å². The molecule has 0 spiro atoms. The zero-order chi connectivity index (χ0) is 12.2. The molecular formula is C13H22N2O. The second-order valence-electron chi connectivity index (χ2n) is 5.36. The molecule has 90 valence electrons. The molecule has 0 unspecified atom stereocenters. The Kier molecular flexibility index (Phi) is 4.16. The van der Waals surface area contributed by atoms with Gasteiger partial charge in [-0.15, -0.1) is 0 Å². The smallest absolute Gasteiger partial charge is 0.250 e. The van der Waals surface area contributed by atoms with Gasteiger partial charge in [-0.3, -0.25) is 4.79 Å². The third-order valence-electron chi connectivity index (χ3n) is 2.27. The normalized spacial score (nSPS) is 11.5. The number of hydrogen-bond donors (Lipinski definition) is 1. The average molecular weight is 222 g/mol. The van der Waals surface area contributed by atoms with Gasteiger partial charge in [-0.1, -0.05) is 27.7 Å². The monoisotopic (exact) mass is 222 g/mol. The molecule has 1 rings (SSSR count). The molecule has 1 aromatic rings. The van der Waals surface area contributed by atoms with E-state index in [-0.39, 0.29) is 11.0 Å². The van der Waals surface area contributed by atoms with Crippen LogP contribution in [0.1, 0.15) is 34.1 Å². The van der Waals surface area contributed by atoms with Gasteiger partial charge in [0.05, 0.1) is 5.69 Å². The fourth-order valence-electron chi connectivity index (χ4n) is 1.42. The molecule has 3 heteroatoms. The summed E-state index contributed by atoms with van der Waals surface area (Å²) in [6.07, 6.45) is 2.88. The van der Waals surface area contributed by atoms with Crippen LogP contribution in [0.5, 0.6) is 0 Å². The summed E-state index contributed by atoms with van der Waals surface area (Å²) in [5.74, 6) is 0. The molecule has 1 N–H and O–H groups in total. The third kappa shape index (κ3) is 4.09. The quantitative estimate of drug-likeness (QED) is 0.850. The highest BCUT2D eigenvalue weighted by Gasteiger charge is 2.09. The van der Waals surface area contributed by atoms with Crippen LogP contribution in [-0.2, 0) is 6.54 Å². The summed E-state index contributed by atoms with van der Waals surface area (Å²) < 4.78 is 1.75. The van der Waals surface area contributed by atoms with Gasteiger partial charge in [0.1, 0.15) is 0 Å². The summed E-state index contributed by atoms with van der Waals surface area (Å²) in [5.41, 5.74) is 1.33. The summed E-state index contributed by atoms with van der Waals surface area (Å²) in [7, 11) is 0. The fourth-order valence-corrected chi connectivity index (χ4v) is 1.42. The summed E-state index contributed by atoms with van der Waals surface area (Å²) >= 11 is 0. The van der Waals surface area contributed by atoms with Crippen molar-refractivity contribution in [2.24, 2.45) is 5.41 Å². The maximum absolute atomic E-state index is 11.5. The van der Waals surface area contributed by atoms with Crippen molar-refractivity contribution in [1.29, 1.82) is 0 Å². The number of rotatable bonds is 4. The van der Waals surface area contributed by atoms with Crippen LogP contribution >= 0.6 is 0 Å². The van der Waals surface area contributed by atoms with Crippen molar-refractivity contribution in [3.05, 3.63) is 28.7 Å². The zero-order valence-electron chi connectivity index (χ0n) is 10.7. The largest absolute Gasteiger partial charge is 0.383 e. The SMILES string of the molecule is CCCn1cc(NCC(C)(C)C)ccc1=O. The molecule has 0 aliphatic heterocycles. The summed E-state index contributed by atoms with van der Waals surface area (Å²) in [6.45, 7) is 10.3. The lowest BCUT2D eigenvalue weighted by atomic mass is 9.97. The van der Waals surface area contributed by atoms with Crippen LogP contribution in [0.25, 0.3) is 0 Å². The second-order valence-corrected chi connectivity index (χ2v) is 5.36. The lowest BCUT2D eigenvalue weighted by molar-refractivity contribution is 0.443. The number of pyridine rings is 1. The van der Waals surface area contributed by atoms with E-state index in [1.165, 1.54) is 0 Å². The van der Waals surface area contributed by atoms with E-state index in [4.69, 9.17) is 0 Å². The molecule has 0 aliphatic carbocycles. The van der Waals surface area contributed by atoms with E-state index in [2.05, 4.69) is 33.0 Å². The molecule has 1 aromatic heterocycles. The maximum Gasteiger partial charge on any atom is 0.250 e. The first-order valence-corrected chi connectivity index (χ1v) is 5.87. The minimum Gasteiger partial charge on any atom is -0.383 e. The first-order chi connectivity index (χ1) is 7.42. The van der Waals surface area contributed by atoms with Gasteiger partial charge in [0.15, 0.2) is 0 Å². The summed E-state index contributed by atoms with van der Waals surface area (Å²) in [5, 5.41) is 3.35. The predicted molar refractivity (Wildman–Crippen MR) is 68.9 cm³/mol. The molecule has 0 aromatic carbocycles. The van der Waals surface area contributed by atoms with Crippen molar-refractivity contribution in [2.75, 3.05) is 11.9 Å². The Bertz CT molecular complexity index is 388. The Hall–Kier alpha value is -1.25. The van der Waals surface area contributed by atoms with E-state index in [1.807, 2.05) is 12.3 Å². The number of aryl methyl sites for hydroxylation is 1. The molecular weight excluding hydrogens is 200 g/mol. The highest BCUT2D eigenvalue weighted by Crippen LogP contribution is 2.14. The molecule has 0 aliphatic rings. The minimum atomic E-state index is 0.0724. The van der Waals surface area contributed by atoms with Gasteiger partial charge in [0, 0.05) is 25.4 Å². The molecule has 16 heavy (non-hydrogen) atoms. The predicted octanol–water partition coefficient (Wildman–Crippen LogP) is 2.72. The van der Waals surface area contributed by atoms with Gasteiger partial charge >= 0.3 is 0 Å². The van der Waals surface area contributed by atoms with Gasteiger partial charge in [-0.05, 0) is 17.9 Å². The van der Waals surface area contributed by atoms with Crippen LogP contribution in [0.15, 0.2) is 23.1 Å². The van der Waals surface area contributed by atoms with Gasteiger partial charge in [-0.2, -0.15) is 0 Å². The number of nitrogens with one attached hydrogen (secondary N) is 1. The van der Waals surface area contributed by atoms with Gasteiger partial charge in [-0.25, -0.2) is 0 Å². The highest BCUT2D eigenvalue weighted by atomic mass is 16.1. The Balaban J connectivity index is 2.75. The van der Waals surface area contributed by atoms with Gasteiger partial charge < -0.3 is 9.88 Å². The van der Waals surface area contributed by atoms with E-state index in [1.54, 1.807) is 10.6 Å². The van der Waals surface area contributed by atoms with Crippen LogP contribution in [0.3, 0.4) is 0 Å². The molecule has 1 heterocycles. The molecule has 0 amide bonds. The standard InChI is InChI=1S/C13H22N2O/c1-5-8-15-9-11(6-7-12(15)16)14-10-13(2,3)4/h6-7,9,14H,5,8,10H2,1-4H3. The third-order valence-corrected chi connectivity index (χ3v) is 2.27. The first kappa shape index (κ1) is 12.8. The molecule has 0 fully saturated rings. The zero-order valence-corrected chi connectivity index (χ0v) is 10.7. The minimum absolute atomic E-state index is 0.0724. The van der Waals surface area contributed by atoms with E-state index >= 15 is 0 Å². The van der Waals surface area contributed by atoms with Crippen molar-refractivity contribution < 1.29 is 0 Å². The maximum atomic E-state index is 11.5. The van der Waals surface area contributed by atoms with Crippen molar-refractivity contribution in [3.63, 3.8) is 0 Å². The van der Waals surface area contributed by atoms with E-state index in [0.29, 0.717) is 0 Å². The number of hydrogen-bond acceptors (Lipinski definition) is 2. The Morgan fingerprint density at radius 2 is 2.00 bits per heavy atom. The number of aromatic nitrogens is 1. The summed E-state index contributed by atoms with van der Waals surface area (Å²) in [4.78, 5) is 11.5. The van der Waals surface area contributed by atoms with Crippen LogP contribution in [0.2, 0.25) is 0 Å². The van der Waals surface area contributed by atoms with Crippen LogP contribution in [0, 0.1) is 5.41 Å². The van der Waals surface area contributed by atoms with Gasteiger partial charge in [0.25, 0.3) is 5.56 Å². The van der Waals surface area contributed by atoms with Crippen LogP contribution in [-0.4, -0.2) is 11.1 Å². The molecule has 0 saturated heterocycles. The molecule has 3 nitrogen and oxygen atoms in total. The van der Waals surface area contributed by atoms with Crippen molar-refractivity contribution in [1.82, 2.24) is 4.57 Å². The van der Waals surface area contributed by atoms with Crippen molar-refractivity contribution in [2.45, 2.75) is 40.7 Å². The lowest BCUT2D eigenvalue weighted by Crippen LogP contribution is -2.22. The average Bonchev–Trinajstić information content (AvgIpc) is 2.18. The summed E-state index contributed by atoms with van der Waals surface area (Å²) in [6, 6.07) is 3.47. The van der Waals surface area contributed by atoms with Crippen LogP contribution < -0.4 is 10.9 Å². The van der Waals surface area contributed by atoms with E-state index in [0.717, 1.165) is 25.2 Å². The highest BCUT2D eigenvalue weighted by molar-refractivity contribution is 5.40. The van der Waals surface area contributed by atoms with Crippen molar-refractivity contribution in [3.8, 4) is 0 Å². The first-order valence-electron chi connectivity index (χ1n) is 5.87. The molecule has 0 bridgehead atoms. The topological polar surface area (TPSA) is 34.0 Å². The van der Waals surface area contributed by atoms with E-state index < -0.39 is 0 Å². The number of nitrogens with zero attached hydrogens (tertiary/aromatic N) is 1. The fraction of sp³-hybridized carbons (Fsp3) is 0.615. The van der Waals surface area contributed by atoms with E-state index in [9.17, 15) is 4.79 Å². The Labute approximate surface area is 97.5 Å². The molecule has 0 radical (unpaired) electrons. The Morgan fingerprint density at radius 3 is 2.56 bits per heavy atom. The molecule has 0 saturated carbocycles. The lowest BCUT2D eigenvalue weighted by Gasteiger charge is -2.20. The molecule has 0 atom stereocenters. The van der Waals surface area contributed by atoms with Crippen molar-refractivity contribution >= 4 is 5.69 Å². The number of anilines is 1. The van der Waals surface area contributed by atoms with Crippen LogP contribution in [0.4, 0.5) is 5.69 Å². The second kappa shape index (κ2) is 5.19. The Morgan fingerprint density at radius 1 is 1.31 bits per heavy atom.